The summed E-state index contributed by atoms with van der Waals surface area (Å²) in [5.41, 5.74) is 1.19. The Morgan fingerprint density at radius 3 is 2.67 bits per heavy atom. The van der Waals surface area contributed by atoms with Gasteiger partial charge in [-0.25, -0.2) is 4.79 Å². The molecule has 0 amide bonds. The lowest BCUT2D eigenvalue weighted by Crippen LogP contribution is -1.98. The highest BCUT2D eigenvalue weighted by Gasteiger charge is 2.20. The number of benzene rings is 1. The quantitative estimate of drug-likeness (QED) is 0.885. The van der Waals surface area contributed by atoms with Crippen molar-refractivity contribution in [3.8, 4) is 22.8 Å². The molecule has 0 atom stereocenters. The monoisotopic (exact) mass is 290 g/mol. The fraction of sp³-hybridized carbons (Fsp3) is 0.333. The third-order valence-corrected chi connectivity index (χ3v) is 3.11. The fourth-order valence-electron chi connectivity index (χ4n) is 2.11. The van der Waals surface area contributed by atoms with Crippen molar-refractivity contribution in [2.45, 2.75) is 19.9 Å². The van der Waals surface area contributed by atoms with Crippen LogP contribution >= 0.6 is 0 Å². The molecule has 6 nitrogen and oxygen atoms in total. The van der Waals surface area contributed by atoms with Gasteiger partial charge in [-0.2, -0.15) is 5.10 Å². The smallest absolute Gasteiger partial charge is 0.339 e. The van der Waals surface area contributed by atoms with Crippen LogP contribution in [0.25, 0.3) is 11.3 Å². The number of carboxylic acids is 1. The van der Waals surface area contributed by atoms with E-state index < -0.39 is 5.97 Å². The Morgan fingerprint density at radius 1 is 1.33 bits per heavy atom. The zero-order valence-corrected chi connectivity index (χ0v) is 12.3. The molecule has 1 aromatic carbocycles. The largest absolute Gasteiger partial charge is 0.497 e. The maximum Gasteiger partial charge on any atom is 0.339 e. The number of carbonyl (C=O) groups is 1. The van der Waals surface area contributed by atoms with Gasteiger partial charge in [-0.05, 0) is 18.6 Å². The molecule has 0 fully saturated rings. The van der Waals surface area contributed by atoms with E-state index in [9.17, 15) is 9.90 Å². The molecular weight excluding hydrogens is 272 g/mol. The van der Waals surface area contributed by atoms with E-state index in [1.54, 1.807) is 36.2 Å². The maximum atomic E-state index is 11.4. The molecular formula is C15H18N2O4. The number of hydrogen-bond acceptors (Lipinski definition) is 4. The van der Waals surface area contributed by atoms with Gasteiger partial charge in [0.05, 0.1) is 14.2 Å². The summed E-state index contributed by atoms with van der Waals surface area (Å²) in [7, 11) is 3.09. The Labute approximate surface area is 122 Å². The highest BCUT2D eigenvalue weighted by Crippen LogP contribution is 2.34. The summed E-state index contributed by atoms with van der Waals surface area (Å²) in [6.45, 7) is 2.68. The Bertz CT molecular complexity index is 649. The molecule has 0 bridgehead atoms. The van der Waals surface area contributed by atoms with Crippen molar-refractivity contribution < 1.29 is 19.4 Å². The van der Waals surface area contributed by atoms with E-state index in [2.05, 4.69) is 5.10 Å². The Morgan fingerprint density at radius 2 is 2.10 bits per heavy atom. The zero-order valence-electron chi connectivity index (χ0n) is 12.3. The second-order valence-corrected chi connectivity index (χ2v) is 4.53. The normalized spacial score (nSPS) is 10.4. The highest BCUT2D eigenvalue weighted by molar-refractivity contribution is 5.95. The van der Waals surface area contributed by atoms with Crippen molar-refractivity contribution in [1.82, 2.24) is 9.78 Å². The van der Waals surface area contributed by atoms with E-state index >= 15 is 0 Å². The molecule has 0 saturated carbocycles. The Balaban J connectivity index is 2.57. The number of carboxylic acid groups (broad SMARTS) is 1. The first-order valence-electron chi connectivity index (χ1n) is 6.63. The van der Waals surface area contributed by atoms with Crippen LogP contribution in [-0.4, -0.2) is 35.1 Å². The summed E-state index contributed by atoms with van der Waals surface area (Å²) >= 11 is 0. The van der Waals surface area contributed by atoms with Crippen LogP contribution in [0.3, 0.4) is 0 Å². The molecule has 0 aliphatic carbocycles. The van der Waals surface area contributed by atoms with Gasteiger partial charge in [0.25, 0.3) is 0 Å². The molecule has 112 valence electrons. The summed E-state index contributed by atoms with van der Waals surface area (Å²) in [5.74, 6) is 0.157. The third kappa shape index (κ3) is 2.99. The van der Waals surface area contributed by atoms with Crippen molar-refractivity contribution in [1.29, 1.82) is 0 Å². The number of nitrogens with zero attached hydrogens (tertiary/aromatic N) is 2. The van der Waals surface area contributed by atoms with Crippen LogP contribution in [0.15, 0.2) is 24.4 Å². The van der Waals surface area contributed by atoms with Gasteiger partial charge < -0.3 is 14.6 Å². The molecule has 1 N–H and O–H groups in total. The van der Waals surface area contributed by atoms with Gasteiger partial charge in [0.15, 0.2) is 0 Å². The first-order chi connectivity index (χ1) is 10.1. The topological polar surface area (TPSA) is 73.6 Å². The number of rotatable bonds is 6. The van der Waals surface area contributed by atoms with Gasteiger partial charge in [0.1, 0.15) is 22.8 Å². The van der Waals surface area contributed by atoms with Gasteiger partial charge in [0.2, 0.25) is 0 Å². The average molecular weight is 290 g/mol. The molecule has 0 saturated heterocycles. The van der Waals surface area contributed by atoms with E-state index in [0.717, 1.165) is 6.42 Å². The van der Waals surface area contributed by atoms with Crippen LogP contribution < -0.4 is 9.47 Å². The van der Waals surface area contributed by atoms with E-state index in [-0.39, 0.29) is 5.56 Å². The minimum atomic E-state index is -1.01. The first kappa shape index (κ1) is 14.9. The number of hydrogen-bond donors (Lipinski definition) is 1. The molecule has 2 aromatic rings. The molecule has 2 rings (SSSR count). The Hall–Kier alpha value is -2.50. The van der Waals surface area contributed by atoms with Crippen LogP contribution in [-0.2, 0) is 6.54 Å². The second kappa shape index (κ2) is 6.30. The lowest BCUT2D eigenvalue weighted by molar-refractivity contribution is 0.0697. The number of aromatic nitrogens is 2. The van der Waals surface area contributed by atoms with Crippen molar-refractivity contribution in [2.24, 2.45) is 0 Å². The molecule has 0 aliphatic rings. The number of methoxy groups -OCH3 is 2. The molecule has 0 aliphatic heterocycles. The van der Waals surface area contributed by atoms with Crippen LogP contribution in [0.4, 0.5) is 0 Å². The minimum absolute atomic E-state index is 0.159. The summed E-state index contributed by atoms with van der Waals surface area (Å²) in [4.78, 5) is 11.4. The predicted octanol–water partition coefficient (Wildman–Crippen LogP) is 2.68. The summed E-state index contributed by atoms with van der Waals surface area (Å²) in [5, 5.41) is 13.7. The van der Waals surface area contributed by atoms with E-state index in [1.807, 2.05) is 6.92 Å². The molecule has 6 heteroatoms. The summed E-state index contributed by atoms with van der Waals surface area (Å²) in [6, 6.07) is 5.21. The fourth-order valence-corrected chi connectivity index (χ4v) is 2.11. The van der Waals surface area contributed by atoms with Crippen molar-refractivity contribution in [3.63, 3.8) is 0 Å². The van der Waals surface area contributed by atoms with Crippen molar-refractivity contribution in [3.05, 3.63) is 30.0 Å². The molecule has 1 heterocycles. The van der Waals surface area contributed by atoms with Crippen molar-refractivity contribution >= 4 is 5.97 Å². The average Bonchev–Trinajstić information content (AvgIpc) is 2.91. The minimum Gasteiger partial charge on any atom is -0.497 e. The second-order valence-electron chi connectivity index (χ2n) is 4.53. The number of aromatic carboxylic acids is 1. The van der Waals surface area contributed by atoms with E-state index in [4.69, 9.17) is 9.47 Å². The van der Waals surface area contributed by atoms with Crippen LogP contribution in [0.1, 0.15) is 23.7 Å². The SMILES string of the molecule is CCCn1cc(C(=O)O)c(-c2ccc(OC)cc2OC)n1. The highest BCUT2D eigenvalue weighted by atomic mass is 16.5. The van der Waals surface area contributed by atoms with Gasteiger partial charge in [-0.3, -0.25) is 4.68 Å². The Kier molecular flexibility index (Phi) is 4.47. The lowest BCUT2D eigenvalue weighted by Gasteiger charge is -2.09. The lowest BCUT2D eigenvalue weighted by atomic mass is 10.1. The van der Waals surface area contributed by atoms with Crippen LogP contribution in [0, 0.1) is 0 Å². The van der Waals surface area contributed by atoms with E-state index in [1.165, 1.54) is 7.11 Å². The van der Waals surface area contributed by atoms with Gasteiger partial charge >= 0.3 is 5.97 Å². The molecule has 0 spiro atoms. The molecule has 0 radical (unpaired) electrons. The van der Waals surface area contributed by atoms with Crippen molar-refractivity contribution in [2.75, 3.05) is 14.2 Å². The molecule has 0 unspecified atom stereocenters. The van der Waals surface area contributed by atoms with Gasteiger partial charge in [-0.15, -0.1) is 0 Å². The molecule has 21 heavy (non-hydrogen) atoms. The number of aryl methyl sites for hydroxylation is 1. The van der Waals surface area contributed by atoms with Gasteiger partial charge in [-0.1, -0.05) is 6.92 Å². The van der Waals surface area contributed by atoms with Crippen LogP contribution in [0.5, 0.6) is 11.5 Å². The summed E-state index contributed by atoms with van der Waals surface area (Å²) in [6.07, 6.45) is 2.42. The van der Waals surface area contributed by atoms with E-state index in [0.29, 0.717) is 29.3 Å². The zero-order chi connectivity index (χ0) is 15.4. The first-order valence-corrected chi connectivity index (χ1v) is 6.63. The predicted molar refractivity (Wildman–Crippen MR) is 78.0 cm³/mol. The third-order valence-electron chi connectivity index (χ3n) is 3.11. The number of ether oxygens (including phenoxy) is 2. The van der Waals surface area contributed by atoms with Crippen LogP contribution in [0.2, 0.25) is 0 Å². The standard InChI is InChI=1S/C15H18N2O4/c1-4-7-17-9-12(15(18)19)14(16-17)11-6-5-10(20-2)8-13(11)21-3/h5-6,8-9H,4,7H2,1-3H3,(H,18,19). The molecule has 1 aromatic heterocycles. The maximum absolute atomic E-state index is 11.4. The van der Waals surface area contributed by atoms with Gasteiger partial charge in [0, 0.05) is 24.4 Å². The summed E-state index contributed by atoms with van der Waals surface area (Å²) < 4.78 is 12.1.